The Morgan fingerprint density at radius 2 is 1.79 bits per heavy atom. The Hall–Kier alpha value is -1.06. The molecule has 0 aromatic heterocycles. The summed E-state index contributed by atoms with van der Waals surface area (Å²) in [5.41, 5.74) is 1.22. The van der Waals surface area contributed by atoms with Crippen LogP contribution in [0, 0.1) is 5.92 Å². The normalized spacial score (nSPS) is 25.5. The van der Waals surface area contributed by atoms with E-state index in [9.17, 15) is 10.2 Å². The van der Waals surface area contributed by atoms with Gasteiger partial charge in [-0.2, -0.15) is 0 Å². The first kappa shape index (κ1) is 14.4. The van der Waals surface area contributed by atoms with Crippen LogP contribution in [-0.2, 0) is 0 Å². The van der Waals surface area contributed by atoms with Crippen molar-refractivity contribution in [2.45, 2.75) is 37.7 Å². The molecule has 0 bridgehead atoms. The zero-order valence-corrected chi connectivity index (χ0v) is 11.9. The number of aliphatic hydroxyl groups excluding tert-OH is 1. The summed E-state index contributed by atoms with van der Waals surface area (Å²) < 4.78 is 0. The highest BCUT2D eigenvalue weighted by Crippen LogP contribution is 2.37. The van der Waals surface area contributed by atoms with Crippen LogP contribution in [0.4, 0.5) is 0 Å². The van der Waals surface area contributed by atoms with Gasteiger partial charge in [0, 0.05) is 12.5 Å². The van der Waals surface area contributed by atoms with Crippen LogP contribution in [0.25, 0.3) is 0 Å². The Bertz CT molecular complexity index is 388. The number of hydrogen-bond donors (Lipinski definition) is 2. The van der Waals surface area contributed by atoms with Gasteiger partial charge in [0.15, 0.2) is 0 Å². The molecule has 2 N–H and O–H groups in total. The third-order valence-electron chi connectivity index (χ3n) is 4.18. The first-order chi connectivity index (χ1) is 9.08. The third-order valence-corrected chi connectivity index (χ3v) is 4.18. The van der Waals surface area contributed by atoms with Crippen molar-refractivity contribution < 1.29 is 10.2 Å². The van der Waals surface area contributed by atoms with Gasteiger partial charge >= 0.3 is 0 Å². The molecular formula is C16H25NO2. The number of rotatable bonds is 4. The Morgan fingerprint density at radius 3 is 2.37 bits per heavy atom. The number of aromatic hydroxyl groups is 1. The molecule has 0 amide bonds. The summed E-state index contributed by atoms with van der Waals surface area (Å²) in [6.07, 6.45) is 4.19. The summed E-state index contributed by atoms with van der Waals surface area (Å²) in [7, 11) is 4.14. The van der Waals surface area contributed by atoms with Crippen LogP contribution in [0.3, 0.4) is 0 Å². The minimum absolute atomic E-state index is 0.187. The lowest BCUT2D eigenvalue weighted by Gasteiger charge is -2.36. The van der Waals surface area contributed by atoms with E-state index in [-0.39, 0.29) is 6.10 Å². The van der Waals surface area contributed by atoms with Gasteiger partial charge in [-0.3, -0.25) is 0 Å². The average molecular weight is 263 g/mol. The zero-order valence-electron chi connectivity index (χ0n) is 11.9. The number of phenolic OH excluding ortho intramolecular Hbond substituents is 1. The van der Waals surface area contributed by atoms with Crippen LogP contribution in [0.5, 0.6) is 5.75 Å². The summed E-state index contributed by atoms with van der Waals surface area (Å²) in [4.78, 5) is 2.18. The Labute approximate surface area is 115 Å². The number of nitrogens with zero attached hydrogens (tertiary/aromatic N) is 1. The molecule has 1 fully saturated rings. The summed E-state index contributed by atoms with van der Waals surface area (Å²) >= 11 is 0. The van der Waals surface area contributed by atoms with Crippen LogP contribution in [-0.4, -0.2) is 41.9 Å². The fourth-order valence-electron chi connectivity index (χ4n) is 3.21. The highest BCUT2D eigenvalue weighted by atomic mass is 16.3. The van der Waals surface area contributed by atoms with E-state index in [2.05, 4.69) is 19.0 Å². The van der Waals surface area contributed by atoms with Crippen molar-refractivity contribution in [3.8, 4) is 5.75 Å². The van der Waals surface area contributed by atoms with Crippen LogP contribution < -0.4 is 0 Å². The smallest absolute Gasteiger partial charge is 0.115 e. The summed E-state index contributed by atoms with van der Waals surface area (Å²) in [6, 6.07) is 7.47. The molecule has 3 atom stereocenters. The summed E-state index contributed by atoms with van der Waals surface area (Å²) in [5, 5.41) is 19.7. The lowest BCUT2D eigenvalue weighted by molar-refractivity contribution is 0.0494. The van der Waals surface area contributed by atoms with Crippen molar-refractivity contribution in [3.63, 3.8) is 0 Å². The molecule has 0 radical (unpaired) electrons. The van der Waals surface area contributed by atoms with Gasteiger partial charge in [0.2, 0.25) is 0 Å². The molecule has 0 aliphatic heterocycles. The van der Waals surface area contributed by atoms with E-state index in [1.165, 1.54) is 12.0 Å². The fourth-order valence-corrected chi connectivity index (χ4v) is 3.21. The maximum absolute atomic E-state index is 10.3. The van der Waals surface area contributed by atoms with Gasteiger partial charge in [-0.25, -0.2) is 0 Å². The van der Waals surface area contributed by atoms with E-state index in [1.54, 1.807) is 12.1 Å². The second-order valence-electron chi connectivity index (χ2n) is 5.98. The lowest BCUT2D eigenvalue weighted by Crippen LogP contribution is -2.35. The van der Waals surface area contributed by atoms with Crippen molar-refractivity contribution in [1.29, 1.82) is 0 Å². The second-order valence-corrected chi connectivity index (χ2v) is 5.98. The number of hydrogen-bond acceptors (Lipinski definition) is 3. The highest BCUT2D eigenvalue weighted by Gasteiger charge is 2.31. The predicted molar refractivity (Wildman–Crippen MR) is 77.4 cm³/mol. The van der Waals surface area contributed by atoms with Crippen molar-refractivity contribution in [3.05, 3.63) is 29.8 Å². The first-order valence-electron chi connectivity index (χ1n) is 7.19. The lowest BCUT2D eigenvalue weighted by atomic mass is 9.75. The van der Waals surface area contributed by atoms with Crippen LogP contribution in [0.2, 0.25) is 0 Å². The van der Waals surface area contributed by atoms with Crippen molar-refractivity contribution in [1.82, 2.24) is 4.90 Å². The topological polar surface area (TPSA) is 43.7 Å². The summed E-state index contributed by atoms with van der Waals surface area (Å²) in [6.45, 7) is 0.937. The zero-order chi connectivity index (χ0) is 13.8. The molecular weight excluding hydrogens is 238 g/mol. The molecule has 1 unspecified atom stereocenters. The summed E-state index contributed by atoms with van der Waals surface area (Å²) in [5.74, 6) is 0.975. The van der Waals surface area contributed by atoms with Gasteiger partial charge in [0.1, 0.15) is 5.75 Å². The minimum atomic E-state index is -0.187. The van der Waals surface area contributed by atoms with Crippen LogP contribution >= 0.6 is 0 Å². The monoisotopic (exact) mass is 263 g/mol. The van der Waals surface area contributed by atoms with Crippen LogP contribution in [0.15, 0.2) is 24.3 Å². The molecule has 3 heteroatoms. The molecule has 1 saturated carbocycles. The molecule has 1 aliphatic rings. The van der Waals surface area contributed by atoms with Gasteiger partial charge in [0.25, 0.3) is 0 Å². The minimum Gasteiger partial charge on any atom is -0.508 e. The van der Waals surface area contributed by atoms with Crippen molar-refractivity contribution in [2.24, 2.45) is 5.92 Å². The van der Waals surface area contributed by atoms with Crippen molar-refractivity contribution in [2.75, 3.05) is 20.6 Å². The van der Waals surface area contributed by atoms with E-state index < -0.39 is 0 Å². The van der Waals surface area contributed by atoms with E-state index in [0.29, 0.717) is 17.6 Å². The molecule has 19 heavy (non-hydrogen) atoms. The Balaban J connectivity index is 2.21. The predicted octanol–water partition coefficient (Wildman–Crippen LogP) is 2.59. The van der Waals surface area contributed by atoms with Crippen molar-refractivity contribution >= 4 is 0 Å². The van der Waals surface area contributed by atoms with Gasteiger partial charge < -0.3 is 15.1 Å². The van der Waals surface area contributed by atoms with Gasteiger partial charge in [-0.05, 0) is 50.6 Å². The van der Waals surface area contributed by atoms with E-state index in [4.69, 9.17) is 0 Å². The number of aliphatic hydroxyl groups is 1. The Kier molecular flexibility index (Phi) is 4.83. The number of benzene rings is 1. The second kappa shape index (κ2) is 6.40. The van der Waals surface area contributed by atoms with E-state index >= 15 is 0 Å². The SMILES string of the molecule is CN(C)CC(c1ccc(O)cc1)[C@H]1CCCC[C@@H]1O. The maximum atomic E-state index is 10.3. The molecule has 106 valence electrons. The largest absolute Gasteiger partial charge is 0.508 e. The third kappa shape index (κ3) is 3.71. The van der Waals surface area contributed by atoms with Gasteiger partial charge in [-0.1, -0.05) is 25.0 Å². The molecule has 3 nitrogen and oxygen atoms in total. The van der Waals surface area contributed by atoms with Gasteiger partial charge in [0.05, 0.1) is 6.10 Å². The first-order valence-corrected chi connectivity index (χ1v) is 7.19. The average Bonchev–Trinajstić information content (AvgIpc) is 2.38. The number of phenols is 1. The van der Waals surface area contributed by atoms with Crippen LogP contribution in [0.1, 0.15) is 37.2 Å². The standard InChI is InChI=1S/C16H25NO2/c1-17(2)11-15(12-7-9-13(18)10-8-12)14-5-3-4-6-16(14)19/h7-10,14-16,18-19H,3-6,11H2,1-2H3/t14-,15?,16+/m1/s1. The molecule has 1 aromatic rings. The molecule has 1 aliphatic carbocycles. The molecule has 0 heterocycles. The quantitative estimate of drug-likeness (QED) is 0.877. The highest BCUT2D eigenvalue weighted by molar-refractivity contribution is 5.29. The maximum Gasteiger partial charge on any atom is 0.115 e. The molecule has 0 spiro atoms. The molecule has 1 aromatic carbocycles. The van der Waals surface area contributed by atoms with E-state index in [1.807, 2.05) is 12.1 Å². The molecule has 2 rings (SSSR count). The Morgan fingerprint density at radius 1 is 1.16 bits per heavy atom. The fraction of sp³-hybridized carbons (Fsp3) is 0.625. The molecule has 0 saturated heterocycles. The van der Waals surface area contributed by atoms with Gasteiger partial charge in [-0.15, -0.1) is 0 Å². The van der Waals surface area contributed by atoms with E-state index in [0.717, 1.165) is 25.8 Å². The number of likely N-dealkylation sites (N-methyl/N-ethyl adjacent to an activating group) is 1.